The topological polar surface area (TPSA) is 109 Å². The van der Waals surface area contributed by atoms with Crippen LogP contribution in [0.3, 0.4) is 0 Å². The standard InChI is InChI=1S/C26H32N6O4/c33-24(32-11-15-36-16-12-32)26(7-8-26)21-17-22(31-9-13-35-14-10-31)30-23(29-21)18-1-3-19(4-2-18)27-25(34)28-20-5-6-20/h1-4,17,20H,5-16H2,(H2,27,28,34). The quantitative estimate of drug-likeness (QED) is 0.636. The Labute approximate surface area is 210 Å². The van der Waals surface area contributed by atoms with Gasteiger partial charge in [-0.2, -0.15) is 0 Å². The van der Waals surface area contributed by atoms with E-state index in [1.807, 2.05) is 35.2 Å². The number of carbonyl (C=O) groups is 2. The summed E-state index contributed by atoms with van der Waals surface area (Å²) >= 11 is 0. The van der Waals surface area contributed by atoms with Gasteiger partial charge in [0.1, 0.15) is 5.82 Å². The Kier molecular flexibility index (Phi) is 6.22. The van der Waals surface area contributed by atoms with Gasteiger partial charge in [0.15, 0.2) is 5.82 Å². The number of ether oxygens (including phenoxy) is 2. The molecule has 2 N–H and O–H groups in total. The van der Waals surface area contributed by atoms with Crippen molar-refractivity contribution < 1.29 is 19.1 Å². The van der Waals surface area contributed by atoms with Crippen molar-refractivity contribution in [1.29, 1.82) is 0 Å². The molecule has 2 aliphatic carbocycles. The number of carbonyl (C=O) groups excluding carboxylic acids is 2. The maximum Gasteiger partial charge on any atom is 0.319 e. The van der Waals surface area contributed by atoms with Gasteiger partial charge < -0.3 is 29.9 Å². The summed E-state index contributed by atoms with van der Waals surface area (Å²) in [4.78, 5) is 39.6. The van der Waals surface area contributed by atoms with Gasteiger partial charge in [-0.15, -0.1) is 0 Å². The maximum absolute atomic E-state index is 13.6. The van der Waals surface area contributed by atoms with Crippen LogP contribution >= 0.6 is 0 Å². The minimum absolute atomic E-state index is 0.143. The normalized spacial score (nSPS) is 21.1. The Morgan fingerprint density at radius 3 is 2.22 bits per heavy atom. The van der Waals surface area contributed by atoms with Crippen LogP contribution in [-0.4, -0.2) is 85.5 Å². The first-order valence-electron chi connectivity index (χ1n) is 12.9. The van der Waals surface area contributed by atoms with Crippen molar-refractivity contribution in [3.8, 4) is 11.4 Å². The number of nitrogens with zero attached hydrogens (tertiary/aromatic N) is 4. The Balaban J connectivity index is 1.29. The van der Waals surface area contributed by atoms with Crippen LogP contribution in [0.25, 0.3) is 11.4 Å². The number of benzene rings is 1. The number of nitrogens with one attached hydrogen (secondary N) is 2. The van der Waals surface area contributed by atoms with E-state index in [4.69, 9.17) is 19.4 Å². The van der Waals surface area contributed by atoms with Crippen LogP contribution in [0, 0.1) is 0 Å². The first kappa shape index (κ1) is 23.2. The van der Waals surface area contributed by atoms with E-state index in [9.17, 15) is 9.59 Å². The van der Waals surface area contributed by atoms with Crippen LogP contribution in [0.1, 0.15) is 31.4 Å². The first-order valence-corrected chi connectivity index (χ1v) is 12.9. The molecule has 10 nitrogen and oxygen atoms in total. The fourth-order valence-corrected chi connectivity index (χ4v) is 4.82. The van der Waals surface area contributed by atoms with E-state index in [0.717, 1.165) is 55.8 Å². The van der Waals surface area contributed by atoms with Gasteiger partial charge in [0.05, 0.1) is 37.5 Å². The number of hydrogen-bond donors (Lipinski definition) is 2. The molecular formula is C26H32N6O4. The third-order valence-electron chi connectivity index (χ3n) is 7.31. The van der Waals surface area contributed by atoms with E-state index in [1.165, 1.54) is 0 Å². The predicted molar refractivity (Wildman–Crippen MR) is 134 cm³/mol. The molecular weight excluding hydrogens is 460 g/mol. The lowest BCUT2D eigenvalue weighted by atomic mass is 9.99. The van der Waals surface area contributed by atoms with Gasteiger partial charge in [0.2, 0.25) is 5.91 Å². The Morgan fingerprint density at radius 1 is 0.917 bits per heavy atom. The van der Waals surface area contributed by atoms with Crippen LogP contribution in [0.4, 0.5) is 16.3 Å². The highest BCUT2D eigenvalue weighted by Crippen LogP contribution is 2.50. The van der Waals surface area contributed by atoms with Gasteiger partial charge in [-0.05, 0) is 49.9 Å². The van der Waals surface area contributed by atoms with Gasteiger partial charge in [0.25, 0.3) is 0 Å². The molecule has 6 rings (SSSR count). The molecule has 3 heterocycles. The highest BCUT2D eigenvalue weighted by atomic mass is 16.5. The molecule has 4 fully saturated rings. The molecule has 190 valence electrons. The minimum Gasteiger partial charge on any atom is -0.378 e. The van der Waals surface area contributed by atoms with Crippen molar-refractivity contribution in [2.45, 2.75) is 37.1 Å². The third kappa shape index (κ3) is 4.87. The summed E-state index contributed by atoms with van der Waals surface area (Å²) in [6.45, 7) is 5.20. The number of urea groups is 1. The van der Waals surface area contributed by atoms with E-state index in [2.05, 4.69) is 15.5 Å². The lowest BCUT2D eigenvalue weighted by Crippen LogP contribution is -2.46. The van der Waals surface area contributed by atoms with Crippen LogP contribution < -0.4 is 15.5 Å². The number of rotatable bonds is 6. The van der Waals surface area contributed by atoms with Crippen molar-refractivity contribution in [3.05, 3.63) is 36.0 Å². The first-order chi connectivity index (χ1) is 17.6. The van der Waals surface area contributed by atoms with E-state index >= 15 is 0 Å². The molecule has 0 unspecified atom stereocenters. The summed E-state index contributed by atoms with van der Waals surface area (Å²) in [6, 6.07) is 9.66. The van der Waals surface area contributed by atoms with Crippen molar-refractivity contribution in [3.63, 3.8) is 0 Å². The zero-order valence-electron chi connectivity index (χ0n) is 20.4. The fraction of sp³-hybridized carbons (Fsp3) is 0.538. The molecule has 0 spiro atoms. The van der Waals surface area contributed by atoms with Crippen molar-refractivity contribution >= 4 is 23.4 Å². The molecule has 1 aromatic carbocycles. The monoisotopic (exact) mass is 492 g/mol. The summed E-state index contributed by atoms with van der Waals surface area (Å²) in [5.41, 5.74) is 1.76. The second-order valence-corrected chi connectivity index (χ2v) is 9.97. The maximum atomic E-state index is 13.6. The molecule has 0 bridgehead atoms. The Bertz CT molecular complexity index is 1120. The molecule has 0 radical (unpaired) electrons. The molecule has 0 atom stereocenters. The fourth-order valence-electron chi connectivity index (χ4n) is 4.82. The van der Waals surface area contributed by atoms with Crippen LogP contribution in [0.2, 0.25) is 0 Å². The van der Waals surface area contributed by atoms with Crippen molar-refractivity contribution in [2.75, 3.05) is 62.8 Å². The number of amides is 3. The molecule has 1 aromatic heterocycles. The average Bonchev–Trinajstić information content (AvgIpc) is 3.86. The van der Waals surface area contributed by atoms with Gasteiger partial charge >= 0.3 is 6.03 Å². The molecule has 2 saturated carbocycles. The zero-order valence-corrected chi connectivity index (χ0v) is 20.4. The van der Waals surface area contributed by atoms with Crippen LogP contribution in [0.5, 0.6) is 0 Å². The highest BCUT2D eigenvalue weighted by Gasteiger charge is 2.55. The Hall–Kier alpha value is -3.24. The molecule has 3 amide bonds. The second-order valence-electron chi connectivity index (χ2n) is 9.97. The predicted octanol–water partition coefficient (Wildman–Crippen LogP) is 2.15. The molecule has 2 aliphatic heterocycles. The molecule has 10 heteroatoms. The van der Waals surface area contributed by atoms with E-state index in [1.54, 1.807) is 0 Å². The number of morpholine rings is 2. The van der Waals surface area contributed by atoms with Crippen LogP contribution in [0.15, 0.2) is 30.3 Å². The van der Waals surface area contributed by atoms with Gasteiger partial charge in [-0.25, -0.2) is 14.8 Å². The summed E-state index contributed by atoms with van der Waals surface area (Å²) < 4.78 is 11.0. The molecule has 4 aliphatic rings. The average molecular weight is 493 g/mol. The zero-order chi connectivity index (χ0) is 24.5. The summed E-state index contributed by atoms with van der Waals surface area (Å²) in [5.74, 6) is 1.55. The van der Waals surface area contributed by atoms with E-state index in [0.29, 0.717) is 57.1 Å². The minimum atomic E-state index is -0.585. The van der Waals surface area contributed by atoms with Gasteiger partial charge in [0, 0.05) is 49.5 Å². The SMILES string of the molecule is O=C(Nc1ccc(-c2nc(N3CCOCC3)cc(C3(C(=O)N4CCOCC4)CC3)n2)cc1)NC1CC1. The Morgan fingerprint density at radius 2 is 1.58 bits per heavy atom. The van der Waals surface area contributed by atoms with Crippen LogP contribution in [-0.2, 0) is 19.7 Å². The summed E-state index contributed by atoms with van der Waals surface area (Å²) in [7, 11) is 0. The van der Waals surface area contributed by atoms with E-state index < -0.39 is 5.41 Å². The number of hydrogen-bond acceptors (Lipinski definition) is 7. The van der Waals surface area contributed by atoms with Gasteiger partial charge in [-0.3, -0.25) is 4.79 Å². The van der Waals surface area contributed by atoms with Crippen molar-refractivity contribution in [1.82, 2.24) is 20.2 Å². The number of anilines is 2. The summed E-state index contributed by atoms with van der Waals surface area (Å²) in [6.07, 6.45) is 3.67. The summed E-state index contributed by atoms with van der Waals surface area (Å²) in [5, 5.41) is 5.81. The molecule has 36 heavy (non-hydrogen) atoms. The lowest BCUT2D eigenvalue weighted by molar-refractivity contribution is -0.138. The van der Waals surface area contributed by atoms with Crippen molar-refractivity contribution in [2.24, 2.45) is 0 Å². The van der Waals surface area contributed by atoms with Gasteiger partial charge in [-0.1, -0.05) is 0 Å². The molecule has 2 aromatic rings. The second kappa shape index (κ2) is 9.67. The molecule has 2 saturated heterocycles. The smallest absolute Gasteiger partial charge is 0.319 e. The number of aromatic nitrogens is 2. The third-order valence-corrected chi connectivity index (χ3v) is 7.31. The highest BCUT2D eigenvalue weighted by molar-refractivity contribution is 5.91. The largest absolute Gasteiger partial charge is 0.378 e. The van der Waals surface area contributed by atoms with E-state index in [-0.39, 0.29) is 11.9 Å². The lowest BCUT2D eigenvalue weighted by Gasteiger charge is -2.31.